The number of nitrogens with one attached hydrogen (secondary N) is 1. The van der Waals surface area contributed by atoms with E-state index in [9.17, 15) is 10.1 Å². The molecule has 1 heterocycles. The number of nitrogens with zero attached hydrogens (tertiary/aromatic N) is 2. The number of nitriles is 1. The predicted octanol–water partition coefficient (Wildman–Crippen LogP) is 5.62. The first kappa shape index (κ1) is 23.1. The summed E-state index contributed by atoms with van der Waals surface area (Å²) in [7, 11) is 0. The molecule has 1 aliphatic rings. The van der Waals surface area contributed by atoms with Crippen LogP contribution in [0.2, 0.25) is 0 Å². The van der Waals surface area contributed by atoms with Gasteiger partial charge >= 0.3 is 0 Å². The molecule has 1 aliphatic carbocycles. The summed E-state index contributed by atoms with van der Waals surface area (Å²) in [5, 5.41) is 12.9. The molecule has 0 aliphatic heterocycles. The van der Waals surface area contributed by atoms with Crippen LogP contribution in [0.25, 0.3) is 0 Å². The van der Waals surface area contributed by atoms with Crippen LogP contribution in [0.5, 0.6) is 5.75 Å². The second kappa shape index (κ2) is 9.74. The SMILES string of the molecule is CCOc1ccccc1NC(=O)C(C)Sc1nc2c(cc1C#N)CC(C(C)(C)C)CC2. The van der Waals surface area contributed by atoms with Crippen molar-refractivity contribution < 1.29 is 9.53 Å². The van der Waals surface area contributed by atoms with Crippen LogP contribution in [0.15, 0.2) is 35.4 Å². The van der Waals surface area contributed by atoms with E-state index < -0.39 is 5.25 Å². The van der Waals surface area contributed by atoms with E-state index >= 15 is 0 Å². The standard InChI is InChI=1S/C25H31N3O2S/c1-6-30-22-10-8-7-9-21(22)27-23(29)16(2)31-24-18(15-26)13-17-14-19(25(3,4)5)11-12-20(17)28-24/h7-10,13,16,19H,6,11-12,14H2,1-5H3,(H,27,29). The third kappa shape index (κ3) is 5.59. The van der Waals surface area contributed by atoms with Gasteiger partial charge in [0.1, 0.15) is 16.8 Å². The molecule has 2 atom stereocenters. The molecule has 0 saturated heterocycles. The number of benzene rings is 1. The third-order valence-corrected chi connectivity index (χ3v) is 6.90. The highest BCUT2D eigenvalue weighted by atomic mass is 32.2. The number of fused-ring (bicyclic) bond motifs is 1. The van der Waals surface area contributed by atoms with Gasteiger partial charge in [-0.25, -0.2) is 4.98 Å². The number of aromatic nitrogens is 1. The summed E-state index contributed by atoms with van der Waals surface area (Å²) in [4.78, 5) is 17.6. The van der Waals surface area contributed by atoms with Crippen LogP contribution < -0.4 is 10.1 Å². The molecule has 1 amide bonds. The molecule has 0 fully saturated rings. The number of carbonyl (C=O) groups is 1. The minimum Gasteiger partial charge on any atom is -0.492 e. The molecule has 31 heavy (non-hydrogen) atoms. The number of aryl methyl sites for hydroxylation is 1. The Balaban J connectivity index is 1.75. The van der Waals surface area contributed by atoms with Crippen molar-refractivity contribution in [1.82, 2.24) is 4.98 Å². The van der Waals surface area contributed by atoms with Crippen LogP contribution in [0.4, 0.5) is 5.69 Å². The number of pyridine rings is 1. The molecule has 5 nitrogen and oxygen atoms in total. The zero-order valence-electron chi connectivity index (χ0n) is 19.0. The Hall–Kier alpha value is -2.52. The number of hydrogen-bond donors (Lipinski definition) is 1. The fraction of sp³-hybridized carbons (Fsp3) is 0.480. The first-order valence-corrected chi connectivity index (χ1v) is 11.7. The molecule has 0 bridgehead atoms. The van der Waals surface area contributed by atoms with E-state index in [4.69, 9.17) is 9.72 Å². The molecule has 1 aromatic carbocycles. The van der Waals surface area contributed by atoms with Crippen LogP contribution in [-0.2, 0) is 17.6 Å². The number of para-hydroxylation sites is 2. The molecule has 1 N–H and O–H groups in total. The van der Waals surface area contributed by atoms with Crippen LogP contribution in [0.3, 0.4) is 0 Å². The minimum atomic E-state index is -0.404. The van der Waals surface area contributed by atoms with Gasteiger partial charge in [0.05, 0.1) is 23.1 Å². The Kier molecular flexibility index (Phi) is 7.27. The van der Waals surface area contributed by atoms with Crippen molar-refractivity contribution in [2.45, 2.75) is 64.2 Å². The van der Waals surface area contributed by atoms with E-state index in [2.05, 4.69) is 32.2 Å². The second-order valence-corrected chi connectivity index (χ2v) is 10.4. The highest BCUT2D eigenvalue weighted by Gasteiger charge is 2.30. The quantitative estimate of drug-likeness (QED) is 0.594. The summed E-state index contributed by atoms with van der Waals surface area (Å²) in [5.41, 5.74) is 3.68. The molecular weight excluding hydrogens is 406 g/mol. The van der Waals surface area contributed by atoms with Crippen molar-refractivity contribution >= 4 is 23.4 Å². The molecule has 2 aromatic rings. The fourth-order valence-electron chi connectivity index (χ4n) is 3.86. The van der Waals surface area contributed by atoms with E-state index in [0.29, 0.717) is 34.6 Å². The van der Waals surface area contributed by atoms with E-state index in [1.54, 1.807) is 0 Å². The van der Waals surface area contributed by atoms with Crippen LogP contribution in [-0.4, -0.2) is 22.7 Å². The van der Waals surface area contributed by atoms with Crippen molar-refractivity contribution in [3.8, 4) is 11.8 Å². The molecule has 0 saturated carbocycles. The first-order valence-electron chi connectivity index (χ1n) is 10.8. The molecule has 164 valence electrons. The maximum atomic E-state index is 12.8. The molecule has 0 spiro atoms. The lowest BCUT2D eigenvalue weighted by molar-refractivity contribution is -0.115. The summed E-state index contributed by atoms with van der Waals surface area (Å²) < 4.78 is 5.59. The van der Waals surface area contributed by atoms with E-state index in [-0.39, 0.29) is 11.3 Å². The average molecular weight is 438 g/mol. The van der Waals surface area contributed by atoms with Gasteiger partial charge in [0, 0.05) is 5.69 Å². The zero-order chi connectivity index (χ0) is 22.6. The van der Waals surface area contributed by atoms with Gasteiger partial charge in [-0.3, -0.25) is 4.79 Å². The largest absolute Gasteiger partial charge is 0.492 e. The Morgan fingerprint density at radius 1 is 1.39 bits per heavy atom. The Bertz CT molecular complexity index is 991. The van der Waals surface area contributed by atoms with Crippen molar-refractivity contribution in [2.24, 2.45) is 11.3 Å². The first-order chi connectivity index (χ1) is 14.7. The molecule has 0 radical (unpaired) electrons. The lowest BCUT2D eigenvalue weighted by atomic mass is 9.71. The Morgan fingerprint density at radius 2 is 2.13 bits per heavy atom. The van der Waals surface area contributed by atoms with Gasteiger partial charge in [-0.1, -0.05) is 44.7 Å². The average Bonchev–Trinajstić information content (AvgIpc) is 2.73. The highest BCUT2D eigenvalue weighted by molar-refractivity contribution is 8.00. The number of ether oxygens (including phenoxy) is 1. The number of rotatable bonds is 6. The monoisotopic (exact) mass is 437 g/mol. The van der Waals surface area contributed by atoms with Gasteiger partial charge in [-0.2, -0.15) is 5.26 Å². The normalized spacial score (nSPS) is 16.7. The summed E-state index contributed by atoms with van der Waals surface area (Å²) in [6.45, 7) is 11.1. The number of anilines is 1. The van der Waals surface area contributed by atoms with Crippen LogP contribution in [0.1, 0.15) is 57.9 Å². The number of thioether (sulfide) groups is 1. The Labute approximate surface area is 189 Å². The lowest BCUT2D eigenvalue weighted by Crippen LogP contribution is -2.28. The topological polar surface area (TPSA) is 75.0 Å². The number of carbonyl (C=O) groups excluding carboxylic acids is 1. The zero-order valence-corrected chi connectivity index (χ0v) is 19.8. The summed E-state index contributed by atoms with van der Waals surface area (Å²) >= 11 is 1.33. The van der Waals surface area contributed by atoms with E-state index in [1.807, 2.05) is 44.2 Å². The maximum Gasteiger partial charge on any atom is 0.237 e. The smallest absolute Gasteiger partial charge is 0.237 e. The van der Waals surface area contributed by atoms with Crippen molar-refractivity contribution in [1.29, 1.82) is 5.26 Å². The van der Waals surface area contributed by atoms with Crippen LogP contribution in [0, 0.1) is 22.7 Å². The van der Waals surface area contributed by atoms with Crippen molar-refractivity contribution in [2.75, 3.05) is 11.9 Å². The summed E-state index contributed by atoms with van der Waals surface area (Å²) in [6, 6.07) is 11.7. The van der Waals surface area contributed by atoms with Gasteiger partial charge in [0.25, 0.3) is 0 Å². The van der Waals surface area contributed by atoms with Crippen LogP contribution >= 0.6 is 11.8 Å². The number of hydrogen-bond acceptors (Lipinski definition) is 5. The fourth-order valence-corrected chi connectivity index (χ4v) is 4.76. The highest BCUT2D eigenvalue weighted by Crippen LogP contribution is 2.38. The minimum absolute atomic E-state index is 0.145. The third-order valence-electron chi connectivity index (χ3n) is 5.80. The summed E-state index contributed by atoms with van der Waals surface area (Å²) in [6.07, 6.45) is 2.97. The van der Waals surface area contributed by atoms with Gasteiger partial charge in [0.15, 0.2) is 0 Å². The Morgan fingerprint density at radius 3 is 2.81 bits per heavy atom. The van der Waals surface area contributed by atoms with Gasteiger partial charge in [-0.15, -0.1) is 0 Å². The molecule has 2 unspecified atom stereocenters. The van der Waals surface area contributed by atoms with Gasteiger partial charge in [-0.05, 0) is 68.2 Å². The van der Waals surface area contributed by atoms with Gasteiger partial charge in [0.2, 0.25) is 5.91 Å². The summed E-state index contributed by atoms with van der Waals surface area (Å²) in [5.74, 6) is 1.09. The van der Waals surface area contributed by atoms with Crippen molar-refractivity contribution in [3.05, 3.63) is 47.2 Å². The maximum absolute atomic E-state index is 12.8. The molecular formula is C25H31N3O2S. The molecule has 6 heteroatoms. The van der Waals surface area contributed by atoms with Gasteiger partial charge < -0.3 is 10.1 Å². The van der Waals surface area contributed by atoms with E-state index in [1.165, 1.54) is 17.3 Å². The van der Waals surface area contributed by atoms with E-state index in [0.717, 1.165) is 25.0 Å². The lowest BCUT2D eigenvalue weighted by Gasteiger charge is -2.34. The molecule has 3 rings (SSSR count). The predicted molar refractivity (Wildman–Crippen MR) is 125 cm³/mol. The second-order valence-electron chi connectivity index (χ2n) is 9.04. The van der Waals surface area contributed by atoms with Crippen molar-refractivity contribution in [3.63, 3.8) is 0 Å². The number of amides is 1. The molecule has 1 aromatic heterocycles.